The van der Waals surface area contributed by atoms with Gasteiger partial charge in [-0.15, -0.1) is 0 Å². The third kappa shape index (κ3) is 1.90. The molecule has 1 atom stereocenters. The van der Waals surface area contributed by atoms with E-state index in [9.17, 15) is 4.79 Å². The predicted octanol–water partition coefficient (Wildman–Crippen LogP) is 2.86. The summed E-state index contributed by atoms with van der Waals surface area (Å²) in [6.45, 7) is 0.225. The Morgan fingerprint density at radius 2 is 1.91 bits per heavy atom. The maximum atomic E-state index is 12.0. The van der Waals surface area contributed by atoms with Crippen LogP contribution in [0.4, 0.5) is 0 Å². The van der Waals surface area contributed by atoms with Crippen LogP contribution in [0.15, 0.2) is 30.3 Å². The molecule has 0 amide bonds. The van der Waals surface area contributed by atoms with Crippen LogP contribution in [0.5, 0.6) is 17.2 Å². The summed E-state index contributed by atoms with van der Waals surface area (Å²) in [5, 5.41) is 0. The van der Waals surface area contributed by atoms with Crippen LogP contribution >= 0.6 is 11.7 Å². The molecular weight excluding hydrogens is 316 g/mol. The van der Waals surface area contributed by atoms with Crippen molar-refractivity contribution in [3.63, 3.8) is 0 Å². The van der Waals surface area contributed by atoms with Crippen LogP contribution in [0.2, 0.25) is 0 Å². The number of esters is 1. The van der Waals surface area contributed by atoms with Crippen molar-refractivity contribution in [3.05, 3.63) is 41.5 Å². The number of hydrogen-bond donors (Lipinski definition) is 0. The average Bonchev–Trinajstić information content (AvgIpc) is 3.21. The molecule has 3 aromatic rings. The standard InChI is InChI=1S/C16H10N2O4S/c19-14-6-9(8-1-3-11-13(5-8)21-7-20-11)15-12(22-14)4-2-10-16(15)18-23-17-10/h1-5,9H,6-7H2/t9-/m0/s1. The fourth-order valence-corrected chi connectivity index (χ4v) is 3.68. The third-order valence-electron chi connectivity index (χ3n) is 4.17. The van der Waals surface area contributed by atoms with Crippen LogP contribution in [-0.4, -0.2) is 21.5 Å². The smallest absolute Gasteiger partial charge is 0.312 e. The van der Waals surface area contributed by atoms with Crippen LogP contribution in [0.3, 0.4) is 0 Å². The molecule has 6 nitrogen and oxygen atoms in total. The van der Waals surface area contributed by atoms with E-state index in [2.05, 4.69) is 8.75 Å². The van der Waals surface area contributed by atoms with E-state index >= 15 is 0 Å². The molecule has 7 heteroatoms. The summed E-state index contributed by atoms with van der Waals surface area (Å²) in [6.07, 6.45) is 0.267. The van der Waals surface area contributed by atoms with E-state index in [1.165, 1.54) is 0 Å². The van der Waals surface area contributed by atoms with E-state index in [4.69, 9.17) is 14.2 Å². The van der Waals surface area contributed by atoms with Gasteiger partial charge in [0.1, 0.15) is 16.8 Å². The number of nitrogens with zero attached hydrogens (tertiary/aromatic N) is 2. The van der Waals surface area contributed by atoms with Gasteiger partial charge in [0.15, 0.2) is 11.5 Å². The lowest BCUT2D eigenvalue weighted by molar-refractivity contribution is -0.135. The fourth-order valence-electron chi connectivity index (χ4n) is 3.13. The lowest BCUT2D eigenvalue weighted by Crippen LogP contribution is -2.21. The summed E-state index contributed by atoms with van der Waals surface area (Å²) in [7, 11) is 0. The zero-order valence-corrected chi connectivity index (χ0v) is 12.6. The van der Waals surface area contributed by atoms with Gasteiger partial charge in [-0.25, -0.2) is 0 Å². The Labute approximate surface area is 134 Å². The van der Waals surface area contributed by atoms with Gasteiger partial charge in [0.05, 0.1) is 18.1 Å². The van der Waals surface area contributed by atoms with Gasteiger partial charge in [0.2, 0.25) is 6.79 Å². The van der Waals surface area contributed by atoms with Crippen molar-refractivity contribution in [2.45, 2.75) is 12.3 Å². The van der Waals surface area contributed by atoms with Crippen LogP contribution in [-0.2, 0) is 4.79 Å². The summed E-state index contributed by atoms with van der Waals surface area (Å²) < 4.78 is 24.9. The van der Waals surface area contributed by atoms with Gasteiger partial charge in [0.25, 0.3) is 0 Å². The van der Waals surface area contributed by atoms with Gasteiger partial charge in [0, 0.05) is 11.5 Å². The summed E-state index contributed by atoms with van der Waals surface area (Å²) in [5.41, 5.74) is 3.50. The van der Waals surface area contributed by atoms with E-state index in [1.807, 2.05) is 24.3 Å². The molecular formula is C16H10N2O4S. The zero-order valence-electron chi connectivity index (χ0n) is 11.8. The number of carbonyl (C=O) groups is 1. The Bertz CT molecular complexity index is 952. The lowest BCUT2D eigenvalue weighted by atomic mass is 9.85. The molecule has 5 rings (SSSR count). The van der Waals surface area contributed by atoms with Crippen molar-refractivity contribution >= 4 is 28.7 Å². The number of carbonyl (C=O) groups excluding carboxylic acids is 1. The van der Waals surface area contributed by atoms with Crippen molar-refractivity contribution < 1.29 is 19.0 Å². The molecule has 2 aliphatic heterocycles. The molecule has 114 valence electrons. The summed E-state index contributed by atoms with van der Waals surface area (Å²) in [6, 6.07) is 9.37. The zero-order chi connectivity index (χ0) is 15.4. The molecule has 0 saturated carbocycles. The molecule has 3 heterocycles. The van der Waals surface area contributed by atoms with Crippen molar-refractivity contribution in [2.75, 3.05) is 6.79 Å². The minimum absolute atomic E-state index is 0.131. The maximum Gasteiger partial charge on any atom is 0.312 e. The highest BCUT2D eigenvalue weighted by atomic mass is 32.1. The van der Waals surface area contributed by atoms with Crippen molar-refractivity contribution in [1.29, 1.82) is 0 Å². The van der Waals surface area contributed by atoms with Crippen LogP contribution in [0.25, 0.3) is 11.0 Å². The minimum Gasteiger partial charge on any atom is -0.454 e. The van der Waals surface area contributed by atoms with Crippen molar-refractivity contribution in [2.24, 2.45) is 0 Å². The molecule has 0 radical (unpaired) electrons. The minimum atomic E-state index is -0.247. The normalized spacial score (nSPS) is 18.8. The lowest BCUT2D eigenvalue weighted by Gasteiger charge is -2.25. The second-order valence-corrected chi connectivity index (χ2v) is 5.98. The highest BCUT2D eigenvalue weighted by Gasteiger charge is 2.32. The molecule has 0 aliphatic carbocycles. The predicted molar refractivity (Wildman–Crippen MR) is 82.1 cm³/mol. The van der Waals surface area contributed by atoms with E-state index < -0.39 is 0 Å². The molecule has 0 fully saturated rings. The quantitative estimate of drug-likeness (QED) is 0.506. The highest BCUT2D eigenvalue weighted by Crippen LogP contribution is 2.44. The number of rotatable bonds is 1. The van der Waals surface area contributed by atoms with Gasteiger partial charge < -0.3 is 14.2 Å². The van der Waals surface area contributed by atoms with Gasteiger partial charge >= 0.3 is 5.97 Å². The second-order valence-electron chi connectivity index (χ2n) is 5.45. The number of hydrogen-bond acceptors (Lipinski definition) is 7. The molecule has 0 bridgehead atoms. The molecule has 2 aliphatic rings. The van der Waals surface area contributed by atoms with Crippen LogP contribution in [0.1, 0.15) is 23.5 Å². The first-order valence-electron chi connectivity index (χ1n) is 7.15. The molecule has 0 saturated heterocycles. The molecule has 0 unspecified atom stereocenters. The van der Waals surface area contributed by atoms with Gasteiger partial charge in [-0.05, 0) is 29.8 Å². The molecule has 1 aromatic heterocycles. The topological polar surface area (TPSA) is 70.5 Å². The second kappa shape index (κ2) is 4.66. The Morgan fingerprint density at radius 1 is 1.04 bits per heavy atom. The van der Waals surface area contributed by atoms with Crippen molar-refractivity contribution in [3.8, 4) is 17.2 Å². The van der Waals surface area contributed by atoms with Gasteiger partial charge in [-0.3, -0.25) is 4.79 Å². The monoisotopic (exact) mass is 326 g/mol. The van der Waals surface area contributed by atoms with Crippen molar-refractivity contribution in [1.82, 2.24) is 8.75 Å². The molecule has 0 spiro atoms. The Hall–Kier alpha value is -2.67. The van der Waals surface area contributed by atoms with Crippen LogP contribution < -0.4 is 14.2 Å². The number of benzene rings is 2. The number of aromatic nitrogens is 2. The van der Waals surface area contributed by atoms with E-state index in [0.717, 1.165) is 39.6 Å². The van der Waals surface area contributed by atoms with E-state index in [-0.39, 0.29) is 25.1 Å². The van der Waals surface area contributed by atoms with E-state index in [0.29, 0.717) is 11.5 Å². The van der Waals surface area contributed by atoms with Gasteiger partial charge in [-0.2, -0.15) is 8.75 Å². The summed E-state index contributed by atoms with van der Waals surface area (Å²) in [4.78, 5) is 12.0. The third-order valence-corrected chi connectivity index (χ3v) is 4.71. The largest absolute Gasteiger partial charge is 0.454 e. The number of ether oxygens (including phenoxy) is 3. The van der Waals surface area contributed by atoms with E-state index in [1.54, 1.807) is 6.07 Å². The Balaban J connectivity index is 1.72. The molecule has 2 aromatic carbocycles. The van der Waals surface area contributed by atoms with Crippen LogP contribution in [0, 0.1) is 0 Å². The first-order chi connectivity index (χ1) is 11.3. The molecule has 23 heavy (non-hydrogen) atoms. The number of fused-ring (bicyclic) bond motifs is 4. The summed E-state index contributed by atoms with van der Waals surface area (Å²) >= 11 is 1.16. The summed E-state index contributed by atoms with van der Waals surface area (Å²) in [5.74, 6) is 1.60. The molecule has 0 N–H and O–H groups in total. The average molecular weight is 326 g/mol. The first-order valence-corrected chi connectivity index (χ1v) is 7.88. The highest BCUT2D eigenvalue weighted by molar-refractivity contribution is 7.00. The first kappa shape index (κ1) is 12.8. The maximum absolute atomic E-state index is 12.0. The SMILES string of the molecule is O=C1C[C@@H](c2ccc3c(c2)OCO3)c2c(ccc3nsnc23)O1. The Kier molecular flexibility index (Phi) is 2.60. The van der Waals surface area contributed by atoms with Gasteiger partial charge in [-0.1, -0.05) is 6.07 Å². The Morgan fingerprint density at radius 3 is 2.87 bits per heavy atom. The fraction of sp³-hybridized carbons (Fsp3) is 0.188.